The van der Waals surface area contributed by atoms with Crippen LogP contribution in [0.3, 0.4) is 0 Å². The van der Waals surface area contributed by atoms with Crippen LogP contribution in [0.5, 0.6) is 0 Å². The number of sulfonamides is 1. The zero-order chi connectivity index (χ0) is 19.3. The summed E-state index contributed by atoms with van der Waals surface area (Å²) in [7, 11) is -3.66. The van der Waals surface area contributed by atoms with E-state index in [1.165, 1.54) is 0 Å². The van der Waals surface area contributed by atoms with Gasteiger partial charge in [0, 0.05) is 16.6 Å². The van der Waals surface area contributed by atoms with Gasteiger partial charge in [0.2, 0.25) is 15.9 Å². The van der Waals surface area contributed by atoms with Crippen molar-refractivity contribution in [3.05, 3.63) is 64.1 Å². The van der Waals surface area contributed by atoms with Crippen molar-refractivity contribution in [2.45, 2.75) is 25.9 Å². The van der Waals surface area contributed by atoms with E-state index >= 15 is 0 Å². The van der Waals surface area contributed by atoms with Crippen LogP contribution in [0, 0.1) is 0 Å². The molecule has 0 aliphatic rings. The molecule has 8 heteroatoms. The average molecular weight is 415 g/mol. The van der Waals surface area contributed by atoms with Crippen molar-refractivity contribution in [1.82, 2.24) is 5.32 Å². The molecular weight excluding hydrogens is 395 g/mol. The molecule has 140 valence electrons. The van der Waals surface area contributed by atoms with Crippen molar-refractivity contribution in [1.29, 1.82) is 0 Å². The molecule has 0 radical (unpaired) electrons. The number of amides is 1. The molecule has 0 aliphatic carbocycles. The summed E-state index contributed by atoms with van der Waals surface area (Å²) < 4.78 is 25.8. The molecule has 0 saturated heterocycles. The summed E-state index contributed by atoms with van der Waals surface area (Å²) in [6.07, 6.45) is 1.40. The Hall–Kier alpha value is -1.76. The number of anilines is 1. The van der Waals surface area contributed by atoms with Crippen molar-refractivity contribution in [2.24, 2.45) is 0 Å². The molecular formula is C18H20Cl2N2O3S. The molecule has 2 aromatic rings. The molecule has 5 nitrogen and oxygen atoms in total. The fourth-order valence-electron chi connectivity index (χ4n) is 2.56. The van der Waals surface area contributed by atoms with Gasteiger partial charge < -0.3 is 5.32 Å². The lowest BCUT2D eigenvalue weighted by Crippen LogP contribution is -2.49. The lowest BCUT2D eigenvalue weighted by molar-refractivity contribution is -0.122. The summed E-state index contributed by atoms with van der Waals surface area (Å²) in [5.74, 6) is -0.372. The number of rotatable bonds is 7. The maximum Gasteiger partial charge on any atom is 0.244 e. The Morgan fingerprint density at radius 1 is 1.04 bits per heavy atom. The van der Waals surface area contributed by atoms with Gasteiger partial charge in [0.15, 0.2) is 0 Å². The molecule has 0 bridgehead atoms. The summed E-state index contributed by atoms with van der Waals surface area (Å²) in [5.41, 5.74) is 1.26. The SMILES string of the molecule is CCC(C(=O)NCc1ccc(Cl)cc1)N(c1ccc(Cl)cc1)S(C)(=O)=O. The van der Waals surface area contributed by atoms with Gasteiger partial charge in [-0.05, 0) is 48.4 Å². The standard InChI is InChI=1S/C18H20Cl2N2O3S/c1-3-17(18(23)21-12-13-4-6-14(19)7-5-13)22(26(2,24)25)16-10-8-15(20)9-11-16/h4-11,17H,3,12H2,1-2H3,(H,21,23). The number of benzene rings is 2. The van der Waals surface area contributed by atoms with E-state index in [9.17, 15) is 13.2 Å². The van der Waals surface area contributed by atoms with E-state index in [0.29, 0.717) is 22.2 Å². The second-order valence-electron chi connectivity index (χ2n) is 5.80. The molecule has 0 spiro atoms. The van der Waals surface area contributed by atoms with E-state index in [1.807, 2.05) is 0 Å². The van der Waals surface area contributed by atoms with Crippen LogP contribution in [0.15, 0.2) is 48.5 Å². The largest absolute Gasteiger partial charge is 0.350 e. The Balaban J connectivity index is 2.22. The van der Waals surface area contributed by atoms with Crippen LogP contribution >= 0.6 is 23.2 Å². The van der Waals surface area contributed by atoms with Crippen molar-refractivity contribution in [3.63, 3.8) is 0 Å². The first-order valence-corrected chi connectivity index (χ1v) is 10.6. The highest BCUT2D eigenvalue weighted by Crippen LogP contribution is 2.24. The fourth-order valence-corrected chi connectivity index (χ4v) is 4.02. The smallest absolute Gasteiger partial charge is 0.244 e. The zero-order valence-electron chi connectivity index (χ0n) is 14.4. The molecule has 1 atom stereocenters. The average Bonchev–Trinajstić information content (AvgIpc) is 2.59. The summed E-state index contributed by atoms with van der Waals surface area (Å²) in [4.78, 5) is 12.7. The highest BCUT2D eigenvalue weighted by molar-refractivity contribution is 7.92. The maximum absolute atomic E-state index is 12.7. The minimum absolute atomic E-state index is 0.282. The third kappa shape index (κ3) is 5.37. The third-order valence-corrected chi connectivity index (χ3v) is 5.47. The first kappa shape index (κ1) is 20.6. The Labute approximate surface area is 164 Å². The van der Waals surface area contributed by atoms with Gasteiger partial charge in [-0.3, -0.25) is 9.10 Å². The molecule has 2 rings (SSSR count). The molecule has 0 saturated carbocycles. The van der Waals surface area contributed by atoms with Crippen molar-refractivity contribution in [2.75, 3.05) is 10.6 Å². The van der Waals surface area contributed by atoms with E-state index in [1.54, 1.807) is 55.5 Å². The predicted octanol–water partition coefficient (Wildman–Crippen LogP) is 3.85. The number of hydrogen-bond acceptors (Lipinski definition) is 3. The lowest BCUT2D eigenvalue weighted by Gasteiger charge is -2.30. The van der Waals surface area contributed by atoms with Crippen LogP contribution in [0.1, 0.15) is 18.9 Å². The maximum atomic E-state index is 12.7. The van der Waals surface area contributed by atoms with Crippen LogP contribution in [0.4, 0.5) is 5.69 Å². The Bertz CT molecular complexity index is 853. The van der Waals surface area contributed by atoms with Gasteiger partial charge in [-0.2, -0.15) is 0 Å². The summed E-state index contributed by atoms with van der Waals surface area (Å²) in [5, 5.41) is 3.89. The molecule has 2 aromatic carbocycles. The number of halogens is 2. The minimum Gasteiger partial charge on any atom is -0.350 e. The molecule has 0 aromatic heterocycles. The van der Waals surface area contributed by atoms with Gasteiger partial charge >= 0.3 is 0 Å². The first-order chi connectivity index (χ1) is 12.2. The van der Waals surface area contributed by atoms with E-state index in [-0.39, 0.29) is 12.5 Å². The van der Waals surface area contributed by atoms with Gasteiger partial charge in [0.1, 0.15) is 6.04 Å². The Kier molecular flexibility index (Phi) is 6.92. The van der Waals surface area contributed by atoms with Gasteiger partial charge in [0.05, 0.1) is 11.9 Å². The van der Waals surface area contributed by atoms with Gasteiger partial charge in [-0.1, -0.05) is 42.3 Å². The number of nitrogens with zero attached hydrogens (tertiary/aromatic N) is 1. The van der Waals surface area contributed by atoms with Crippen LogP contribution in [0.2, 0.25) is 10.0 Å². The second kappa shape index (κ2) is 8.75. The first-order valence-electron chi connectivity index (χ1n) is 7.99. The molecule has 1 amide bonds. The fraction of sp³-hybridized carbons (Fsp3) is 0.278. The summed E-state index contributed by atoms with van der Waals surface area (Å²) in [6, 6.07) is 12.6. The highest BCUT2D eigenvalue weighted by atomic mass is 35.5. The molecule has 26 heavy (non-hydrogen) atoms. The predicted molar refractivity (Wildman–Crippen MR) is 106 cm³/mol. The topological polar surface area (TPSA) is 66.5 Å². The van der Waals surface area contributed by atoms with Crippen molar-refractivity contribution < 1.29 is 13.2 Å². The second-order valence-corrected chi connectivity index (χ2v) is 8.54. The van der Waals surface area contributed by atoms with Crippen LogP contribution in [-0.2, 0) is 21.4 Å². The third-order valence-electron chi connectivity index (χ3n) is 3.79. The quantitative estimate of drug-likeness (QED) is 0.747. The van der Waals surface area contributed by atoms with E-state index in [4.69, 9.17) is 23.2 Å². The number of carbonyl (C=O) groups is 1. The van der Waals surface area contributed by atoms with E-state index < -0.39 is 16.1 Å². The zero-order valence-corrected chi connectivity index (χ0v) is 16.8. The van der Waals surface area contributed by atoms with Gasteiger partial charge in [-0.15, -0.1) is 0 Å². The molecule has 0 heterocycles. The number of nitrogens with one attached hydrogen (secondary N) is 1. The summed E-state index contributed by atoms with van der Waals surface area (Å²) >= 11 is 11.7. The van der Waals surface area contributed by atoms with Gasteiger partial charge in [-0.25, -0.2) is 8.42 Å². The van der Waals surface area contributed by atoms with Crippen molar-refractivity contribution >= 4 is 44.8 Å². The normalized spacial score (nSPS) is 12.5. The van der Waals surface area contributed by atoms with Crippen molar-refractivity contribution in [3.8, 4) is 0 Å². The monoisotopic (exact) mass is 414 g/mol. The minimum atomic E-state index is -3.66. The lowest BCUT2D eigenvalue weighted by atomic mass is 10.1. The molecule has 1 unspecified atom stereocenters. The van der Waals surface area contributed by atoms with Gasteiger partial charge in [0.25, 0.3) is 0 Å². The molecule has 1 N–H and O–H groups in total. The van der Waals surface area contributed by atoms with Crippen LogP contribution in [-0.4, -0.2) is 26.6 Å². The summed E-state index contributed by atoms with van der Waals surface area (Å²) in [6.45, 7) is 2.05. The number of carbonyl (C=O) groups excluding carboxylic acids is 1. The Morgan fingerprint density at radius 2 is 1.54 bits per heavy atom. The van der Waals surface area contributed by atoms with E-state index in [0.717, 1.165) is 16.1 Å². The van der Waals surface area contributed by atoms with E-state index in [2.05, 4.69) is 5.32 Å². The Morgan fingerprint density at radius 3 is 2.00 bits per heavy atom. The molecule has 0 aliphatic heterocycles. The highest BCUT2D eigenvalue weighted by Gasteiger charge is 2.31. The number of hydrogen-bond donors (Lipinski definition) is 1. The van der Waals surface area contributed by atoms with Crippen LogP contribution < -0.4 is 9.62 Å². The van der Waals surface area contributed by atoms with Crippen LogP contribution in [0.25, 0.3) is 0 Å². The molecule has 0 fully saturated rings.